The maximum atomic E-state index is 13.5. The van der Waals surface area contributed by atoms with Crippen molar-refractivity contribution in [3.63, 3.8) is 0 Å². The minimum atomic E-state index is -3.01. The van der Waals surface area contributed by atoms with E-state index in [2.05, 4.69) is 5.16 Å². The Balaban J connectivity index is 2.62. The van der Waals surface area contributed by atoms with Gasteiger partial charge in [0, 0.05) is 13.0 Å². The molecule has 0 unspecified atom stereocenters. The third-order valence-corrected chi connectivity index (χ3v) is 2.49. The average molecular weight is 254 g/mol. The molecule has 6 heteroatoms. The van der Waals surface area contributed by atoms with Crippen molar-refractivity contribution in [3.05, 3.63) is 29.8 Å². The van der Waals surface area contributed by atoms with Crippen LogP contribution in [-0.4, -0.2) is 12.3 Å². The van der Waals surface area contributed by atoms with Crippen LogP contribution in [0.4, 0.5) is 14.6 Å². The molecular weight excluding hydrogens is 242 g/mol. The fraction of sp³-hybridized carbons (Fsp3) is 0.250. The summed E-state index contributed by atoms with van der Waals surface area (Å²) in [6.45, 7) is 0.809. The van der Waals surface area contributed by atoms with Gasteiger partial charge in [-0.05, 0) is 12.1 Å². The molecule has 1 aromatic heterocycles. The van der Waals surface area contributed by atoms with E-state index in [0.29, 0.717) is 5.56 Å². The highest BCUT2D eigenvalue weighted by atomic mass is 19.3. The lowest BCUT2D eigenvalue weighted by molar-refractivity contribution is 0.0151. The van der Waals surface area contributed by atoms with Crippen LogP contribution in [0.25, 0.3) is 11.3 Å². The van der Waals surface area contributed by atoms with Gasteiger partial charge in [0.2, 0.25) is 0 Å². The Hall–Kier alpha value is -2.11. The van der Waals surface area contributed by atoms with Crippen molar-refractivity contribution in [2.24, 2.45) is 0 Å². The van der Waals surface area contributed by atoms with Gasteiger partial charge in [-0.1, -0.05) is 11.2 Å². The second kappa shape index (κ2) is 4.29. The Morgan fingerprint density at radius 1 is 1.39 bits per heavy atom. The molecule has 0 saturated carbocycles. The van der Waals surface area contributed by atoms with Crippen LogP contribution >= 0.6 is 0 Å². The first kappa shape index (κ1) is 12.3. The number of nitrogen functional groups attached to an aromatic ring is 1. The van der Waals surface area contributed by atoms with Gasteiger partial charge in [-0.2, -0.15) is 0 Å². The lowest BCUT2D eigenvalue weighted by Crippen LogP contribution is -2.09. The Kier molecular flexibility index (Phi) is 2.94. The summed E-state index contributed by atoms with van der Waals surface area (Å²) >= 11 is 0. The zero-order valence-corrected chi connectivity index (χ0v) is 9.91. The van der Waals surface area contributed by atoms with Gasteiger partial charge in [0.15, 0.2) is 11.6 Å². The molecule has 0 radical (unpaired) electrons. The molecular formula is C12H12F2N2O2. The SMILES string of the molecule is COc1c(-c2cc(N)no2)cccc1C(C)(F)F. The Morgan fingerprint density at radius 2 is 2.11 bits per heavy atom. The van der Waals surface area contributed by atoms with Gasteiger partial charge in [0.05, 0.1) is 18.2 Å². The molecule has 4 nitrogen and oxygen atoms in total. The van der Waals surface area contributed by atoms with Crippen LogP contribution in [0, 0.1) is 0 Å². The number of rotatable bonds is 3. The predicted molar refractivity (Wildman–Crippen MR) is 62.5 cm³/mol. The van der Waals surface area contributed by atoms with Crippen LogP contribution in [0.1, 0.15) is 12.5 Å². The molecule has 1 heterocycles. The molecule has 0 fully saturated rings. The highest BCUT2D eigenvalue weighted by Gasteiger charge is 2.30. The molecule has 0 aliphatic heterocycles. The first-order valence-corrected chi connectivity index (χ1v) is 5.21. The number of anilines is 1. The lowest BCUT2D eigenvalue weighted by Gasteiger charge is -2.16. The third kappa shape index (κ3) is 2.13. The monoisotopic (exact) mass is 254 g/mol. The number of ether oxygens (including phenoxy) is 1. The molecule has 2 N–H and O–H groups in total. The second-order valence-corrected chi connectivity index (χ2v) is 3.89. The fourth-order valence-corrected chi connectivity index (χ4v) is 1.71. The quantitative estimate of drug-likeness (QED) is 0.914. The molecule has 2 aromatic rings. The van der Waals surface area contributed by atoms with E-state index in [4.69, 9.17) is 15.0 Å². The van der Waals surface area contributed by atoms with Crippen molar-refractivity contribution in [1.82, 2.24) is 5.16 Å². The summed E-state index contributed by atoms with van der Waals surface area (Å²) in [6.07, 6.45) is 0. The van der Waals surface area contributed by atoms with Crippen LogP contribution < -0.4 is 10.5 Å². The van der Waals surface area contributed by atoms with Gasteiger partial charge in [0.1, 0.15) is 5.75 Å². The van der Waals surface area contributed by atoms with E-state index in [1.807, 2.05) is 0 Å². The zero-order chi connectivity index (χ0) is 13.3. The number of hydrogen-bond donors (Lipinski definition) is 1. The van der Waals surface area contributed by atoms with Crippen LogP contribution in [-0.2, 0) is 5.92 Å². The minimum Gasteiger partial charge on any atom is -0.495 e. The van der Waals surface area contributed by atoms with Gasteiger partial charge < -0.3 is 15.0 Å². The normalized spacial score (nSPS) is 11.6. The number of nitrogens with zero attached hydrogens (tertiary/aromatic N) is 1. The Bertz CT molecular complexity index is 561. The molecule has 96 valence electrons. The molecule has 0 saturated heterocycles. The van der Waals surface area contributed by atoms with E-state index in [1.165, 1.54) is 25.3 Å². The summed E-state index contributed by atoms with van der Waals surface area (Å²) in [6, 6.07) is 5.87. The first-order valence-electron chi connectivity index (χ1n) is 5.21. The van der Waals surface area contributed by atoms with Gasteiger partial charge >= 0.3 is 0 Å². The molecule has 0 aliphatic carbocycles. The summed E-state index contributed by atoms with van der Waals surface area (Å²) < 4.78 is 36.9. The number of hydrogen-bond acceptors (Lipinski definition) is 4. The summed E-state index contributed by atoms with van der Waals surface area (Å²) in [4.78, 5) is 0. The number of nitrogens with two attached hydrogens (primary N) is 1. The molecule has 18 heavy (non-hydrogen) atoms. The standard InChI is InChI=1S/C12H12F2N2O2/c1-12(13,14)8-5-3-4-7(11(8)17-2)9-6-10(15)16-18-9/h3-6H,1-2H3,(H2,15,16). The molecule has 1 aromatic carbocycles. The van der Waals surface area contributed by atoms with Crippen molar-refractivity contribution in [1.29, 1.82) is 0 Å². The molecule has 0 atom stereocenters. The molecule has 2 rings (SSSR count). The van der Waals surface area contributed by atoms with Crippen molar-refractivity contribution < 1.29 is 18.0 Å². The molecule has 0 amide bonds. The van der Waals surface area contributed by atoms with Gasteiger partial charge in [-0.25, -0.2) is 8.78 Å². The Labute approximate surface area is 102 Å². The van der Waals surface area contributed by atoms with Crippen molar-refractivity contribution in [3.8, 4) is 17.1 Å². The molecule has 0 aliphatic rings. The van der Waals surface area contributed by atoms with Crippen LogP contribution in [0.3, 0.4) is 0 Å². The smallest absolute Gasteiger partial charge is 0.274 e. The average Bonchev–Trinajstić information content (AvgIpc) is 2.73. The largest absolute Gasteiger partial charge is 0.495 e. The first-order chi connectivity index (χ1) is 8.43. The fourth-order valence-electron chi connectivity index (χ4n) is 1.71. The number of aromatic nitrogens is 1. The van der Waals surface area contributed by atoms with Crippen LogP contribution in [0.5, 0.6) is 5.75 Å². The number of alkyl halides is 2. The zero-order valence-electron chi connectivity index (χ0n) is 9.91. The predicted octanol–water partition coefficient (Wildman–Crippen LogP) is 3.04. The van der Waals surface area contributed by atoms with Gasteiger partial charge in [0.25, 0.3) is 5.92 Å². The highest BCUT2D eigenvalue weighted by molar-refractivity contribution is 5.70. The van der Waals surface area contributed by atoms with E-state index in [1.54, 1.807) is 6.07 Å². The van der Waals surface area contributed by atoms with E-state index >= 15 is 0 Å². The summed E-state index contributed by atoms with van der Waals surface area (Å²) in [5.41, 5.74) is 5.62. The van der Waals surface area contributed by atoms with Crippen LogP contribution in [0.15, 0.2) is 28.8 Å². The van der Waals surface area contributed by atoms with E-state index in [0.717, 1.165) is 6.92 Å². The minimum absolute atomic E-state index is 0.0566. The highest BCUT2D eigenvalue weighted by Crippen LogP contribution is 2.40. The van der Waals surface area contributed by atoms with Crippen LogP contribution in [0.2, 0.25) is 0 Å². The Morgan fingerprint density at radius 3 is 2.61 bits per heavy atom. The van der Waals surface area contributed by atoms with E-state index in [-0.39, 0.29) is 22.9 Å². The maximum Gasteiger partial charge on any atom is 0.274 e. The third-order valence-electron chi connectivity index (χ3n) is 2.49. The van der Waals surface area contributed by atoms with Crippen molar-refractivity contribution >= 4 is 5.82 Å². The maximum absolute atomic E-state index is 13.5. The lowest BCUT2D eigenvalue weighted by atomic mass is 10.0. The summed E-state index contributed by atoms with van der Waals surface area (Å²) in [7, 11) is 1.33. The number of halogens is 2. The van der Waals surface area contributed by atoms with E-state index in [9.17, 15) is 8.78 Å². The summed E-state index contributed by atoms with van der Waals surface area (Å²) in [5.74, 6) is -2.48. The summed E-state index contributed by atoms with van der Waals surface area (Å²) in [5, 5.41) is 3.52. The molecule has 0 spiro atoms. The number of methoxy groups -OCH3 is 1. The topological polar surface area (TPSA) is 61.3 Å². The van der Waals surface area contributed by atoms with Gasteiger partial charge in [-0.15, -0.1) is 0 Å². The second-order valence-electron chi connectivity index (χ2n) is 3.89. The molecule has 0 bridgehead atoms. The van der Waals surface area contributed by atoms with Crippen molar-refractivity contribution in [2.75, 3.05) is 12.8 Å². The van der Waals surface area contributed by atoms with Crippen molar-refractivity contribution in [2.45, 2.75) is 12.8 Å². The number of benzene rings is 1. The number of para-hydroxylation sites is 1. The van der Waals surface area contributed by atoms with E-state index < -0.39 is 5.92 Å². The van der Waals surface area contributed by atoms with Gasteiger partial charge in [-0.3, -0.25) is 0 Å².